The summed E-state index contributed by atoms with van der Waals surface area (Å²) in [6, 6.07) is 2.31. The van der Waals surface area contributed by atoms with E-state index < -0.39 is 13.1 Å². The quantitative estimate of drug-likeness (QED) is 0.652. The van der Waals surface area contributed by atoms with Crippen molar-refractivity contribution >= 4 is 7.32 Å². The van der Waals surface area contributed by atoms with Crippen molar-refractivity contribution in [1.82, 2.24) is 0 Å². The third kappa shape index (κ3) is 1.47. The van der Waals surface area contributed by atoms with Gasteiger partial charge < -0.3 is 24.2 Å². The minimum Gasteiger partial charge on any atom is -0.509 e. The monoisotopic (exact) mass is 200 g/mol. The molecule has 0 amide bonds. The molecule has 0 bridgehead atoms. The Bertz CT molecular complexity index is 356. The first kappa shape index (κ1) is 9.10. The van der Waals surface area contributed by atoms with Gasteiger partial charge in [-0.2, -0.15) is 0 Å². The van der Waals surface area contributed by atoms with E-state index in [9.17, 15) is 4.39 Å². The fourth-order valence-corrected chi connectivity index (χ4v) is 1.15. The van der Waals surface area contributed by atoms with Crippen LogP contribution in [0.4, 0.5) is 4.39 Å². The molecular formula is C7H6BFO5. The minimum absolute atomic E-state index is 0.0221. The smallest absolute Gasteiger partial charge is 0.509 e. The molecular weight excluding hydrogens is 194 g/mol. The lowest BCUT2D eigenvalue weighted by molar-refractivity contribution is 0.168. The van der Waals surface area contributed by atoms with Gasteiger partial charge >= 0.3 is 7.32 Å². The second-order valence-corrected chi connectivity index (χ2v) is 2.55. The van der Waals surface area contributed by atoms with E-state index in [4.69, 9.17) is 19.5 Å². The summed E-state index contributed by atoms with van der Waals surface area (Å²) in [5.41, 5.74) is 0. The Morgan fingerprint density at radius 2 is 2.00 bits per heavy atom. The van der Waals surface area contributed by atoms with Crippen LogP contribution in [0.3, 0.4) is 0 Å². The number of benzene rings is 1. The van der Waals surface area contributed by atoms with Crippen LogP contribution in [-0.2, 0) is 0 Å². The second-order valence-electron chi connectivity index (χ2n) is 2.55. The van der Waals surface area contributed by atoms with E-state index in [1.54, 1.807) is 0 Å². The summed E-state index contributed by atoms with van der Waals surface area (Å²) in [6.45, 7) is -0.117. The number of halogens is 1. The van der Waals surface area contributed by atoms with Gasteiger partial charge in [-0.1, -0.05) is 0 Å². The highest BCUT2D eigenvalue weighted by Crippen LogP contribution is 2.42. The Labute approximate surface area is 78.8 Å². The molecule has 1 aromatic carbocycles. The van der Waals surface area contributed by atoms with Gasteiger partial charge in [0.25, 0.3) is 0 Å². The van der Waals surface area contributed by atoms with Crippen molar-refractivity contribution in [3.63, 3.8) is 0 Å². The average Bonchev–Trinajstić information content (AvgIpc) is 2.58. The lowest BCUT2D eigenvalue weighted by Crippen LogP contribution is -2.20. The molecule has 0 radical (unpaired) electrons. The lowest BCUT2D eigenvalue weighted by Gasteiger charge is -2.07. The Kier molecular flexibility index (Phi) is 2.18. The predicted octanol–water partition coefficient (Wildman–Crippen LogP) is -0.0973. The highest BCUT2D eigenvalue weighted by molar-refractivity contribution is 6.33. The van der Waals surface area contributed by atoms with Crippen LogP contribution in [0, 0.1) is 5.82 Å². The Morgan fingerprint density at radius 1 is 1.29 bits per heavy atom. The molecule has 0 saturated carbocycles. The van der Waals surface area contributed by atoms with Gasteiger partial charge in [0.05, 0.1) is 0 Å². The molecule has 1 aliphatic rings. The van der Waals surface area contributed by atoms with E-state index in [2.05, 4.69) is 4.65 Å². The minimum atomic E-state index is -1.98. The molecule has 2 rings (SSSR count). The highest BCUT2D eigenvalue weighted by atomic mass is 19.1. The molecule has 1 aromatic rings. The van der Waals surface area contributed by atoms with E-state index >= 15 is 0 Å². The lowest BCUT2D eigenvalue weighted by atomic mass is 10.2. The summed E-state index contributed by atoms with van der Waals surface area (Å²) in [4.78, 5) is 0. The Hall–Kier alpha value is -1.47. The van der Waals surface area contributed by atoms with Crippen LogP contribution in [0.15, 0.2) is 12.1 Å². The van der Waals surface area contributed by atoms with Crippen molar-refractivity contribution in [3.05, 3.63) is 17.9 Å². The third-order valence-electron chi connectivity index (χ3n) is 1.67. The average molecular weight is 200 g/mol. The van der Waals surface area contributed by atoms with E-state index in [0.29, 0.717) is 0 Å². The summed E-state index contributed by atoms with van der Waals surface area (Å²) in [6.07, 6.45) is 0. The molecule has 0 aromatic heterocycles. The van der Waals surface area contributed by atoms with Crippen molar-refractivity contribution in [2.45, 2.75) is 0 Å². The molecule has 14 heavy (non-hydrogen) atoms. The summed E-state index contributed by atoms with van der Waals surface area (Å²) in [5.74, 6) is -0.604. The first-order chi connectivity index (χ1) is 6.68. The van der Waals surface area contributed by atoms with Gasteiger partial charge in [0.1, 0.15) is 5.75 Å². The summed E-state index contributed by atoms with van der Waals surface area (Å²) < 4.78 is 27.3. The van der Waals surface area contributed by atoms with Gasteiger partial charge in [-0.15, -0.1) is 0 Å². The number of hydrogen-bond acceptors (Lipinski definition) is 5. The van der Waals surface area contributed by atoms with E-state index in [-0.39, 0.29) is 24.0 Å². The highest BCUT2D eigenvalue weighted by Gasteiger charge is 2.25. The molecule has 1 heterocycles. The zero-order valence-electron chi connectivity index (χ0n) is 6.94. The molecule has 0 saturated heterocycles. The van der Waals surface area contributed by atoms with Crippen LogP contribution in [0.2, 0.25) is 0 Å². The van der Waals surface area contributed by atoms with Gasteiger partial charge in [-0.05, 0) is 12.1 Å². The fourth-order valence-electron chi connectivity index (χ4n) is 1.15. The van der Waals surface area contributed by atoms with Gasteiger partial charge in [0.2, 0.25) is 18.3 Å². The molecule has 5 nitrogen and oxygen atoms in total. The largest absolute Gasteiger partial charge is 0.707 e. The van der Waals surface area contributed by atoms with Gasteiger partial charge in [0.15, 0.2) is 5.82 Å². The molecule has 0 spiro atoms. The van der Waals surface area contributed by atoms with E-state index in [1.807, 2.05) is 0 Å². The third-order valence-corrected chi connectivity index (χ3v) is 1.67. The molecule has 0 unspecified atom stereocenters. The van der Waals surface area contributed by atoms with E-state index in [1.165, 1.54) is 6.07 Å². The van der Waals surface area contributed by atoms with Crippen molar-refractivity contribution < 1.29 is 28.6 Å². The first-order valence-corrected chi connectivity index (χ1v) is 3.79. The molecule has 1 aliphatic heterocycles. The molecule has 7 heteroatoms. The zero-order chi connectivity index (χ0) is 10.1. The summed E-state index contributed by atoms with van der Waals surface area (Å²) in [7, 11) is -1.98. The van der Waals surface area contributed by atoms with Crippen LogP contribution in [0.5, 0.6) is 17.2 Å². The predicted molar refractivity (Wildman–Crippen MR) is 43.3 cm³/mol. The Morgan fingerprint density at radius 3 is 2.71 bits per heavy atom. The SMILES string of the molecule is OB(O)Oc1ccc(F)c2c1OCO2. The van der Waals surface area contributed by atoms with E-state index in [0.717, 1.165) is 6.07 Å². The first-order valence-electron chi connectivity index (χ1n) is 3.79. The normalized spacial score (nSPS) is 12.8. The maximum absolute atomic E-state index is 13.0. The topological polar surface area (TPSA) is 68.2 Å². The zero-order valence-corrected chi connectivity index (χ0v) is 6.94. The number of rotatable bonds is 2. The molecule has 0 atom stereocenters. The van der Waals surface area contributed by atoms with Crippen molar-refractivity contribution in [2.75, 3.05) is 6.79 Å². The maximum Gasteiger partial charge on any atom is 0.707 e. The molecule has 0 fully saturated rings. The fraction of sp³-hybridized carbons (Fsp3) is 0.143. The van der Waals surface area contributed by atoms with Crippen LogP contribution in [0.1, 0.15) is 0 Å². The van der Waals surface area contributed by atoms with Crippen LogP contribution in [0.25, 0.3) is 0 Å². The molecule has 0 aliphatic carbocycles. The number of ether oxygens (including phenoxy) is 2. The molecule has 2 N–H and O–H groups in total. The Balaban J connectivity index is 2.38. The van der Waals surface area contributed by atoms with Crippen molar-refractivity contribution in [3.8, 4) is 17.2 Å². The number of hydrogen-bond donors (Lipinski definition) is 2. The van der Waals surface area contributed by atoms with Crippen molar-refractivity contribution in [1.29, 1.82) is 0 Å². The van der Waals surface area contributed by atoms with Gasteiger partial charge in [-0.3, -0.25) is 0 Å². The van der Waals surface area contributed by atoms with Crippen LogP contribution < -0.4 is 14.1 Å². The summed E-state index contributed by atoms with van der Waals surface area (Å²) >= 11 is 0. The molecule has 74 valence electrons. The van der Waals surface area contributed by atoms with Crippen LogP contribution >= 0.6 is 0 Å². The second kappa shape index (κ2) is 3.35. The number of fused-ring (bicyclic) bond motifs is 1. The van der Waals surface area contributed by atoms with Crippen molar-refractivity contribution in [2.24, 2.45) is 0 Å². The van der Waals surface area contributed by atoms with Gasteiger partial charge in [0, 0.05) is 0 Å². The van der Waals surface area contributed by atoms with Crippen LogP contribution in [-0.4, -0.2) is 24.2 Å². The summed E-state index contributed by atoms with van der Waals surface area (Å²) in [5, 5.41) is 17.1. The maximum atomic E-state index is 13.0. The standard InChI is InChI=1S/C7H6BFO5/c9-4-1-2-5(14-8(10)11)7-6(4)12-3-13-7/h1-2,10-11H,3H2. The van der Waals surface area contributed by atoms with Gasteiger partial charge in [-0.25, -0.2) is 4.39 Å².